The molecule has 0 spiro atoms. The first-order valence-electron chi connectivity index (χ1n) is 7.67. The van der Waals surface area contributed by atoms with Crippen molar-refractivity contribution < 1.29 is 13.1 Å². The first-order chi connectivity index (χ1) is 10.3. The van der Waals surface area contributed by atoms with E-state index in [0.29, 0.717) is 22.8 Å². The van der Waals surface area contributed by atoms with Gasteiger partial charge in [-0.2, -0.15) is 0 Å². The fourth-order valence-corrected chi connectivity index (χ4v) is 3.91. The first-order valence-corrected chi connectivity index (χ1v) is 7.67. The average Bonchev–Trinajstić information content (AvgIpc) is 2.88. The van der Waals surface area contributed by atoms with Gasteiger partial charge in [0.25, 0.3) is 0 Å². The number of rotatable bonds is 3. The molecule has 2 nitrogen and oxygen atoms in total. The zero-order valence-electron chi connectivity index (χ0n) is 13.6. The maximum Gasteiger partial charge on any atom is 0.737 e. The first kappa shape index (κ1) is 15.0. The van der Waals surface area contributed by atoms with E-state index >= 15 is 8.63 Å². The highest BCUT2D eigenvalue weighted by Crippen LogP contribution is 2.42. The van der Waals surface area contributed by atoms with Gasteiger partial charge in [-0.3, -0.25) is 0 Å². The number of hydrogen-bond acceptors (Lipinski definition) is 0. The molecule has 0 fully saturated rings. The number of hydrogen-bond donors (Lipinski definition) is 0. The molecule has 0 aliphatic carbocycles. The Labute approximate surface area is 130 Å². The molecule has 0 N–H and O–H groups in total. The Balaban J connectivity index is 2.39. The molecule has 0 radical (unpaired) electrons. The zero-order chi connectivity index (χ0) is 16.2. The lowest BCUT2D eigenvalue weighted by molar-refractivity contribution is -0.363. The Hall–Kier alpha value is -1.91. The van der Waals surface area contributed by atoms with E-state index in [1.165, 1.54) is 8.96 Å². The van der Waals surface area contributed by atoms with Crippen LogP contribution < -0.4 is 0 Å². The molecule has 0 atom stereocenters. The Morgan fingerprint density at radius 3 is 2.59 bits per heavy atom. The van der Waals surface area contributed by atoms with Crippen LogP contribution in [0.15, 0.2) is 36.1 Å². The van der Waals surface area contributed by atoms with Gasteiger partial charge in [-0.05, 0) is 50.9 Å². The van der Waals surface area contributed by atoms with Crippen molar-refractivity contribution in [2.24, 2.45) is 0 Å². The number of aromatic nitrogens is 1. The molecule has 3 rings (SSSR count). The van der Waals surface area contributed by atoms with Gasteiger partial charge in [-0.15, -0.1) is 6.58 Å². The Morgan fingerprint density at radius 1 is 1.27 bits per heavy atom. The third-order valence-electron chi connectivity index (χ3n) is 4.63. The molecular weight excluding hydrogens is 281 g/mol. The zero-order valence-corrected chi connectivity index (χ0v) is 13.6. The lowest BCUT2D eigenvalue weighted by Crippen LogP contribution is -2.51. The number of allylic oxidation sites excluding steroid dienone is 4. The summed E-state index contributed by atoms with van der Waals surface area (Å²) in [5.41, 5.74) is 5.46. The largest absolute Gasteiger partial charge is 0.737 e. The van der Waals surface area contributed by atoms with Crippen LogP contribution in [0, 0.1) is 13.8 Å². The standard InChI is InChI=1S/C17H21BF2N2/c1-6-7-8-15-16-11(2)9-13(4)21(16)18(19,20)22-14(5)10-12(3)17(15)22/h6,9-10H,1,7-8H2,2-5H3. The predicted octanol–water partition coefficient (Wildman–Crippen LogP) is 4.45. The van der Waals surface area contributed by atoms with E-state index in [0.717, 1.165) is 29.6 Å². The Bertz CT molecular complexity index is 779. The topological polar surface area (TPSA) is 7.94 Å². The molecule has 2 aliphatic rings. The highest BCUT2D eigenvalue weighted by atomic mass is 19.2. The Kier molecular flexibility index (Phi) is 3.27. The van der Waals surface area contributed by atoms with Crippen molar-refractivity contribution in [2.45, 2.75) is 40.5 Å². The highest BCUT2D eigenvalue weighted by Gasteiger charge is 2.54. The number of halogens is 2. The monoisotopic (exact) mass is 302 g/mol. The van der Waals surface area contributed by atoms with Crippen molar-refractivity contribution in [1.82, 2.24) is 4.48 Å². The van der Waals surface area contributed by atoms with Gasteiger partial charge in [-0.1, -0.05) is 6.08 Å². The highest BCUT2D eigenvalue weighted by molar-refractivity contribution is 6.58. The molecule has 0 bridgehead atoms. The quantitative estimate of drug-likeness (QED) is 0.575. The second-order valence-electron chi connectivity index (χ2n) is 6.27. The summed E-state index contributed by atoms with van der Waals surface area (Å²) < 4.78 is 32.9. The molecule has 0 unspecified atom stereocenters. The number of fused-ring (bicyclic) bond motifs is 2. The summed E-state index contributed by atoms with van der Waals surface area (Å²) in [4.78, 5) is 0. The molecule has 1 aromatic rings. The van der Waals surface area contributed by atoms with Crippen LogP contribution in [0.3, 0.4) is 0 Å². The summed E-state index contributed by atoms with van der Waals surface area (Å²) in [6, 6.07) is 1.86. The lowest BCUT2D eigenvalue weighted by atomic mass is 9.85. The van der Waals surface area contributed by atoms with Gasteiger partial charge >= 0.3 is 6.97 Å². The molecule has 22 heavy (non-hydrogen) atoms. The molecule has 116 valence electrons. The van der Waals surface area contributed by atoms with Crippen LogP contribution in [0.25, 0.3) is 5.57 Å². The van der Waals surface area contributed by atoms with Crippen LogP contribution in [-0.2, 0) is 0 Å². The molecule has 3 heterocycles. The molecule has 1 aromatic heterocycles. The smallest absolute Gasteiger partial charge is 0.394 e. The minimum atomic E-state index is -3.84. The van der Waals surface area contributed by atoms with Crippen molar-refractivity contribution in [3.05, 3.63) is 53.0 Å². The van der Waals surface area contributed by atoms with Gasteiger partial charge in [0.1, 0.15) is 5.71 Å². The Morgan fingerprint density at radius 2 is 1.95 bits per heavy atom. The molecule has 5 heteroatoms. The van der Waals surface area contributed by atoms with Gasteiger partial charge in [0.2, 0.25) is 0 Å². The van der Waals surface area contributed by atoms with Gasteiger partial charge in [0, 0.05) is 29.8 Å². The molecule has 0 aromatic carbocycles. The fraction of sp³-hybridized carbons (Fsp3) is 0.353. The summed E-state index contributed by atoms with van der Waals surface area (Å²) in [5, 5.41) is 0. The molecular formula is C17H21BF2N2. The summed E-state index contributed by atoms with van der Waals surface area (Å²) in [7, 11) is 0. The van der Waals surface area contributed by atoms with Gasteiger partial charge in [0.15, 0.2) is 5.70 Å². The maximum atomic E-state index is 15.2. The average molecular weight is 302 g/mol. The maximum absolute atomic E-state index is 15.2. The third kappa shape index (κ3) is 1.81. The van der Waals surface area contributed by atoms with Crippen molar-refractivity contribution in [3.63, 3.8) is 0 Å². The SMILES string of the molecule is C=CCCC1=C2C(C)=CC(C)=[N+]2[B-](F)(F)n2c(C)cc(C)c21. The van der Waals surface area contributed by atoms with Gasteiger partial charge < -0.3 is 17.6 Å². The molecule has 0 amide bonds. The van der Waals surface area contributed by atoms with Crippen LogP contribution in [-0.4, -0.2) is 21.6 Å². The van der Waals surface area contributed by atoms with E-state index in [4.69, 9.17) is 0 Å². The van der Waals surface area contributed by atoms with E-state index in [2.05, 4.69) is 6.58 Å². The van der Waals surface area contributed by atoms with Crippen molar-refractivity contribution in [2.75, 3.05) is 0 Å². The van der Waals surface area contributed by atoms with E-state index in [-0.39, 0.29) is 0 Å². The third-order valence-corrected chi connectivity index (χ3v) is 4.63. The second-order valence-corrected chi connectivity index (χ2v) is 6.27. The van der Waals surface area contributed by atoms with Crippen LogP contribution in [0.4, 0.5) is 8.63 Å². The van der Waals surface area contributed by atoms with Crippen LogP contribution in [0.2, 0.25) is 0 Å². The van der Waals surface area contributed by atoms with E-state index < -0.39 is 6.97 Å². The van der Waals surface area contributed by atoms with Crippen molar-refractivity contribution in [1.29, 1.82) is 0 Å². The predicted molar refractivity (Wildman–Crippen MR) is 88.3 cm³/mol. The summed E-state index contributed by atoms with van der Waals surface area (Å²) in [6.07, 6.45) is 5.21. The fourth-order valence-electron chi connectivity index (χ4n) is 3.91. The minimum absolute atomic E-state index is 0.616. The van der Waals surface area contributed by atoms with Crippen LogP contribution in [0.1, 0.15) is 43.6 Å². The minimum Gasteiger partial charge on any atom is -0.394 e. The van der Waals surface area contributed by atoms with E-state index in [9.17, 15) is 0 Å². The number of nitrogens with zero attached hydrogens (tertiary/aromatic N) is 2. The molecule has 2 aliphatic heterocycles. The van der Waals surface area contributed by atoms with Gasteiger partial charge in [-0.25, -0.2) is 0 Å². The van der Waals surface area contributed by atoms with Crippen LogP contribution >= 0.6 is 0 Å². The van der Waals surface area contributed by atoms with Crippen molar-refractivity contribution in [3.8, 4) is 0 Å². The lowest BCUT2D eigenvalue weighted by Gasteiger charge is -2.34. The molecule has 0 saturated carbocycles. The van der Waals surface area contributed by atoms with E-state index in [1.807, 2.05) is 32.1 Å². The normalized spacial score (nSPS) is 19.3. The van der Waals surface area contributed by atoms with Crippen LogP contribution in [0.5, 0.6) is 0 Å². The summed E-state index contributed by atoms with van der Waals surface area (Å²) in [5.74, 6) is 0. The summed E-state index contributed by atoms with van der Waals surface area (Å²) in [6.45, 7) is 7.28. The molecule has 0 saturated heterocycles. The summed E-state index contributed by atoms with van der Waals surface area (Å²) >= 11 is 0. The second kappa shape index (κ2) is 4.80. The van der Waals surface area contributed by atoms with Crippen molar-refractivity contribution >= 4 is 18.3 Å². The van der Waals surface area contributed by atoms with E-state index in [1.54, 1.807) is 13.8 Å². The number of aryl methyl sites for hydroxylation is 2. The van der Waals surface area contributed by atoms with Gasteiger partial charge in [0.05, 0.1) is 0 Å².